The zero-order valence-corrected chi connectivity index (χ0v) is 18.8. The van der Waals surface area contributed by atoms with E-state index in [1.807, 2.05) is 12.1 Å². The fourth-order valence-electron chi connectivity index (χ4n) is 5.18. The quantitative estimate of drug-likeness (QED) is 0.595. The summed E-state index contributed by atoms with van der Waals surface area (Å²) < 4.78 is 35.6. The number of fused-ring (bicyclic) bond motifs is 2. The molecule has 4 heterocycles. The molecule has 2 aliphatic heterocycles. The molecule has 34 heavy (non-hydrogen) atoms. The number of aromatic nitrogens is 3. The molecule has 1 aromatic carbocycles. The third-order valence-corrected chi connectivity index (χ3v) is 6.86. The molecule has 2 aromatic heterocycles. The van der Waals surface area contributed by atoms with Crippen LogP contribution in [0.25, 0.3) is 11.3 Å². The minimum absolute atomic E-state index is 0.0401. The van der Waals surface area contributed by atoms with Gasteiger partial charge in [-0.25, -0.2) is 23.7 Å². The van der Waals surface area contributed by atoms with Gasteiger partial charge >= 0.3 is 0 Å². The number of hydrogen-bond acceptors (Lipinski definition) is 7. The highest BCUT2D eigenvalue weighted by atomic mass is 19.1. The van der Waals surface area contributed by atoms with Crippen molar-refractivity contribution in [2.75, 3.05) is 29.9 Å². The summed E-state index contributed by atoms with van der Waals surface area (Å²) in [5, 5.41) is 6.39. The molecule has 0 amide bonds. The molecule has 0 radical (unpaired) electrons. The van der Waals surface area contributed by atoms with E-state index >= 15 is 4.39 Å². The average molecular weight is 465 g/mol. The van der Waals surface area contributed by atoms with E-state index in [1.165, 1.54) is 18.9 Å². The van der Waals surface area contributed by atoms with Crippen molar-refractivity contribution in [3.63, 3.8) is 0 Å². The van der Waals surface area contributed by atoms with Crippen molar-refractivity contribution in [3.05, 3.63) is 53.4 Å². The predicted molar refractivity (Wildman–Crippen MR) is 125 cm³/mol. The molecule has 2 N–H and O–H groups in total. The van der Waals surface area contributed by atoms with Crippen LogP contribution in [0.4, 0.5) is 26.2 Å². The maximum absolute atomic E-state index is 15.1. The first kappa shape index (κ1) is 21.2. The molecule has 0 bridgehead atoms. The second-order valence-electron chi connectivity index (χ2n) is 9.03. The number of pyridine rings is 1. The van der Waals surface area contributed by atoms with Crippen LogP contribution in [0, 0.1) is 11.6 Å². The second kappa shape index (κ2) is 8.79. The smallest absolute Gasteiger partial charge is 0.229 e. The summed E-state index contributed by atoms with van der Waals surface area (Å²) in [5.74, 6) is -0.0795. The van der Waals surface area contributed by atoms with E-state index in [4.69, 9.17) is 4.74 Å². The molecule has 0 saturated heterocycles. The third kappa shape index (κ3) is 3.94. The van der Waals surface area contributed by atoms with Crippen LogP contribution in [0.3, 0.4) is 0 Å². The van der Waals surface area contributed by atoms with Gasteiger partial charge in [-0.2, -0.15) is 0 Å². The van der Waals surface area contributed by atoms with Crippen LogP contribution in [-0.4, -0.2) is 40.7 Å². The molecule has 7 nitrogen and oxygen atoms in total. The van der Waals surface area contributed by atoms with E-state index in [1.54, 1.807) is 6.07 Å². The van der Waals surface area contributed by atoms with Crippen molar-refractivity contribution in [1.82, 2.24) is 20.3 Å². The van der Waals surface area contributed by atoms with Gasteiger partial charge in [-0.05, 0) is 36.6 Å². The van der Waals surface area contributed by atoms with Crippen LogP contribution in [0.5, 0.6) is 5.75 Å². The number of ether oxygens (including phenoxy) is 1. The zero-order chi connectivity index (χ0) is 23.1. The summed E-state index contributed by atoms with van der Waals surface area (Å²) in [6.07, 6.45) is 6.44. The lowest BCUT2D eigenvalue weighted by Crippen LogP contribution is -2.40. The molecular weight excluding hydrogens is 438 g/mol. The Hall–Kier alpha value is -3.33. The molecule has 6 rings (SSSR count). The fraction of sp³-hybridized carbons (Fsp3) is 0.400. The highest BCUT2D eigenvalue weighted by Gasteiger charge is 2.30. The van der Waals surface area contributed by atoms with Crippen LogP contribution in [-0.2, 0) is 13.0 Å². The van der Waals surface area contributed by atoms with Crippen LogP contribution in [0.2, 0.25) is 0 Å². The van der Waals surface area contributed by atoms with E-state index in [-0.39, 0.29) is 17.4 Å². The number of rotatable bonds is 4. The van der Waals surface area contributed by atoms with Gasteiger partial charge in [0, 0.05) is 36.8 Å². The SMILES string of the molecule is Fc1cnc(Nc2ccc3c(n2)CCNC3)nc1-c1cc(F)c2c(c1)N(C1CCCC1)CCO2. The molecule has 1 fully saturated rings. The lowest BCUT2D eigenvalue weighted by atomic mass is 10.1. The summed E-state index contributed by atoms with van der Waals surface area (Å²) in [7, 11) is 0. The van der Waals surface area contributed by atoms with Gasteiger partial charge in [-0.1, -0.05) is 18.9 Å². The van der Waals surface area contributed by atoms with Crippen LogP contribution >= 0.6 is 0 Å². The lowest BCUT2D eigenvalue weighted by Gasteiger charge is -2.36. The minimum atomic E-state index is -0.612. The van der Waals surface area contributed by atoms with E-state index in [0.717, 1.165) is 49.8 Å². The Morgan fingerprint density at radius 2 is 1.97 bits per heavy atom. The van der Waals surface area contributed by atoms with Gasteiger partial charge in [0.1, 0.15) is 18.1 Å². The molecular formula is C25H26F2N6O. The minimum Gasteiger partial charge on any atom is -0.486 e. The highest BCUT2D eigenvalue weighted by molar-refractivity contribution is 5.73. The Balaban J connectivity index is 1.34. The van der Waals surface area contributed by atoms with Crippen LogP contribution in [0.15, 0.2) is 30.5 Å². The van der Waals surface area contributed by atoms with E-state index < -0.39 is 11.6 Å². The largest absolute Gasteiger partial charge is 0.486 e. The Morgan fingerprint density at radius 1 is 1.09 bits per heavy atom. The maximum atomic E-state index is 15.1. The zero-order valence-electron chi connectivity index (χ0n) is 18.8. The van der Waals surface area contributed by atoms with Gasteiger partial charge in [-0.3, -0.25) is 0 Å². The molecule has 1 saturated carbocycles. The number of benzene rings is 1. The second-order valence-corrected chi connectivity index (χ2v) is 9.03. The molecule has 3 aliphatic rings. The first-order chi connectivity index (χ1) is 16.7. The van der Waals surface area contributed by atoms with E-state index in [9.17, 15) is 4.39 Å². The molecule has 9 heteroatoms. The number of nitrogens with one attached hydrogen (secondary N) is 2. The van der Waals surface area contributed by atoms with Gasteiger partial charge in [0.05, 0.1) is 18.4 Å². The van der Waals surface area contributed by atoms with Crippen molar-refractivity contribution < 1.29 is 13.5 Å². The molecule has 0 atom stereocenters. The van der Waals surface area contributed by atoms with Crippen molar-refractivity contribution in [2.24, 2.45) is 0 Å². The van der Waals surface area contributed by atoms with Crippen molar-refractivity contribution in [2.45, 2.75) is 44.7 Å². The predicted octanol–water partition coefficient (Wildman–Crippen LogP) is 4.35. The topological polar surface area (TPSA) is 75.2 Å². The van der Waals surface area contributed by atoms with Gasteiger partial charge in [-0.15, -0.1) is 0 Å². The fourth-order valence-corrected chi connectivity index (χ4v) is 5.18. The number of halogens is 2. The normalized spacial score (nSPS) is 17.8. The summed E-state index contributed by atoms with van der Waals surface area (Å²) in [5.41, 5.74) is 3.26. The Labute approximate surface area is 196 Å². The van der Waals surface area contributed by atoms with Gasteiger partial charge in [0.2, 0.25) is 5.95 Å². The Bertz CT molecular complexity index is 1230. The number of anilines is 3. The monoisotopic (exact) mass is 464 g/mol. The molecule has 1 aliphatic carbocycles. The average Bonchev–Trinajstić information content (AvgIpc) is 3.40. The molecule has 176 valence electrons. The number of hydrogen-bond donors (Lipinski definition) is 2. The van der Waals surface area contributed by atoms with E-state index in [0.29, 0.717) is 36.3 Å². The summed E-state index contributed by atoms with van der Waals surface area (Å²) >= 11 is 0. The Kier molecular flexibility index (Phi) is 5.49. The van der Waals surface area contributed by atoms with Crippen molar-refractivity contribution in [3.8, 4) is 17.0 Å². The maximum Gasteiger partial charge on any atom is 0.229 e. The van der Waals surface area contributed by atoms with Gasteiger partial charge in [0.15, 0.2) is 17.4 Å². The number of nitrogens with zero attached hydrogens (tertiary/aromatic N) is 4. The van der Waals surface area contributed by atoms with Crippen molar-refractivity contribution in [1.29, 1.82) is 0 Å². The third-order valence-electron chi connectivity index (χ3n) is 6.86. The van der Waals surface area contributed by atoms with Crippen LogP contribution in [0.1, 0.15) is 36.9 Å². The highest BCUT2D eigenvalue weighted by Crippen LogP contribution is 2.41. The van der Waals surface area contributed by atoms with Gasteiger partial charge in [0.25, 0.3) is 0 Å². The van der Waals surface area contributed by atoms with Crippen molar-refractivity contribution >= 4 is 17.5 Å². The molecule has 0 unspecified atom stereocenters. The standard InChI is InChI=1S/C25H26F2N6O/c26-18-11-16(12-21-24(18)34-10-9-33(21)17-3-1-2-4-17)23-19(27)14-29-25(32-23)31-22-6-5-15-13-28-8-7-20(15)30-22/h5-6,11-12,14,17,28H,1-4,7-10,13H2,(H,29,30,31,32). The summed E-state index contributed by atoms with van der Waals surface area (Å²) in [6, 6.07) is 7.30. The van der Waals surface area contributed by atoms with Gasteiger partial charge < -0.3 is 20.3 Å². The summed E-state index contributed by atoms with van der Waals surface area (Å²) in [6.45, 7) is 2.82. The Morgan fingerprint density at radius 3 is 2.85 bits per heavy atom. The first-order valence-corrected chi connectivity index (χ1v) is 11.9. The van der Waals surface area contributed by atoms with Crippen LogP contribution < -0.4 is 20.3 Å². The first-order valence-electron chi connectivity index (χ1n) is 11.9. The molecule has 3 aromatic rings. The van der Waals surface area contributed by atoms with E-state index in [2.05, 4.69) is 30.5 Å². The lowest BCUT2D eigenvalue weighted by molar-refractivity contribution is 0.285. The summed E-state index contributed by atoms with van der Waals surface area (Å²) in [4.78, 5) is 15.3. The molecule has 0 spiro atoms.